The van der Waals surface area contributed by atoms with Gasteiger partial charge in [-0.1, -0.05) is 50.2 Å². The lowest BCUT2D eigenvalue weighted by atomic mass is 9.59. The van der Waals surface area contributed by atoms with Gasteiger partial charge in [-0.15, -0.1) is 0 Å². The van der Waals surface area contributed by atoms with E-state index in [9.17, 15) is 4.79 Å². The zero-order valence-corrected chi connectivity index (χ0v) is 21.5. The summed E-state index contributed by atoms with van der Waals surface area (Å²) >= 11 is 0. The molecule has 2 fully saturated rings. The molecule has 1 aliphatic heterocycles. The molecule has 36 heavy (non-hydrogen) atoms. The molecule has 2 heterocycles. The Bertz CT molecular complexity index is 1230. The van der Waals surface area contributed by atoms with Gasteiger partial charge in [-0.25, -0.2) is 0 Å². The van der Waals surface area contributed by atoms with Crippen molar-refractivity contribution in [2.75, 3.05) is 19.6 Å². The smallest absolute Gasteiger partial charge is 0.251 e. The molecule has 3 atom stereocenters. The van der Waals surface area contributed by atoms with Crippen LogP contribution in [0.4, 0.5) is 0 Å². The van der Waals surface area contributed by atoms with Crippen molar-refractivity contribution in [2.24, 2.45) is 11.8 Å². The van der Waals surface area contributed by atoms with E-state index in [4.69, 9.17) is 0 Å². The van der Waals surface area contributed by atoms with Crippen molar-refractivity contribution in [3.05, 3.63) is 89.1 Å². The SMILES string of the molecule is C[C@H]1[C@@H]2Cc3ccc(C(=O)NCCc4ccc(-c5ccccn5)cc4)cc3[C@@]1(C)CCN2CC1CC1. The number of nitrogens with zero attached hydrogens (tertiary/aromatic N) is 2. The third-order valence-electron chi connectivity index (χ3n) is 9.19. The summed E-state index contributed by atoms with van der Waals surface area (Å²) in [5, 5.41) is 3.16. The van der Waals surface area contributed by atoms with Gasteiger partial charge in [0.15, 0.2) is 0 Å². The van der Waals surface area contributed by atoms with E-state index in [-0.39, 0.29) is 11.3 Å². The highest BCUT2D eigenvalue weighted by Crippen LogP contribution is 2.49. The summed E-state index contributed by atoms with van der Waals surface area (Å²) in [5.74, 6) is 1.59. The van der Waals surface area contributed by atoms with Gasteiger partial charge in [0.2, 0.25) is 0 Å². The maximum atomic E-state index is 13.1. The van der Waals surface area contributed by atoms with Gasteiger partial charge in [-0.2, -0.15) is 0 Å². The predicted molar refractivity (Wildman–Crippen MR) is 145 cm³/mol. The zero-order valence-electron chi connectivity index (χ0n) is 21.5. The standard InChI is InChI=1S/C32H37N3O/c1-22-30-20-26-12-13-27(19-28(26)32(22,2)15-18-35(30)21-24-6-7-24)31(36)34-17-14-23-8-10-25(11-9-23)29-5-3-4-16-33-29/h3-5,8-13,16,19,22,24,30H,6-7,14-15,17-18,20-21H2,1-2H3,(H,34,36)/t22-,30-,32-/m0/s1. The van der Waals surface area contributed by atoms with E-state index in [1.54, 1.807) is 0 Å². The minimum absolute atomic E-state index is 0.0347. The van der Waals surface area contributed by atoms with Crippen molar-refractivity contribution < 1.29 is 4.79 Å². The van der Waals surface area contributed by atoms with Gasteiger partial charge in [0.25, 0.3) is 5.91 Å². The number of hydrogen-bond acceptors (Lipinski definition) is 3. The first-order chi connectivity index (χ1) is 17.5. The normalized spacial score (nSPS) is 25.3. The van der Waals surface area contributed by atoms with Crippen LogP contribution in [0.1, 0.15) is 60.2 Å². The molecular formula is C32H37N3O. The molecule has 186 valence electrons. The van der Waals surface area contributed by atoms with Crippen LogP contribution in [0.3, 0.4) is 0 Å². The number of nitrogens with one attached hydrogen (secondary N) is 1. The Morgan fingerprint density at radius 1 is 1.11 bits per heavy atom. The highest BCUT2D eigenvalue weighted by molar-refractivity contribution is 5.94. The molecule has 2 aromatic carbocycles. The first-order valence-electron chi connectivity index (χ1n) is 13.7. The van der Waals surface area contributed by atoms with Gasteiger partial charge < -0.3 is 5.32 Å². The molecule has 4 nitrogen and oxygen atoms in total. The van der Waals surface area contributed by atoms with Gasteiger partial charge >= 0.3 is 0 Å². The maximum Gasteiger partial charge on any atom is 0.251 e. The third-order valence-corrected chi connectivity index (χ3v) is 9.19. The lowest BCUT2D eigenvalue weighted by Crippen LogP contribution is -2.58. The van der Waals surface area contributed by atoms with Crippen molar-refractivity contribution in [3.63, 3.8) is 0 Å². The Hall–Kier alpha value is -2.98. The van der Waals surface area contributed by atoms with Crippen molar-refractivity contribution in [1.82, 2.24) is 15.2 Å². The number of likely N-dealkylation sites (tertiary alicyclic amines) is 1. The number of carbonyl (C=O) groups excluding carboxylic acids is 1. The molecule has 4 heteroatoms. The molecule has 1 saturated carbocycles. The largest absolute Gasteiger partial charge is 0.352 e. The number of aromatic nitrogens is 1. The molecule has 0 radical (unpaired) electrons. The van der Waals surface area contributed by atoms with Gasteiger partial charge in [-0.3, -0.25) is 14.7 Å². The van der Waals surface area contributed by atoms with Crippen LogP contribution in [0.15, 0.2) is 66.9 Å². The number of pyridine rings is 1. The maximum absolute atomic E-state index is 13.1. The van der Waals surface area contributed by atoms with Crippen molar-refractivity contribution in [1.29, 1.82) is 0 Å². The Morgan fingerprint density at radius 2 is 1.94 bits per heavy atom. The fourth-order valence-corrected chi connectivity index (χ4v) is 6.51. The molecule has 1 amide bonds. The van der Waals surface area contributed by atoms with Crippen LogP contribution >= 0.6 is 0 Å². The van der Waals surface area contributed by atoms with Crippen LogP contribution in [-0.2, 0) is 18.3 Å². The van der Waals surface area contributed by atoms with Crippen molar-refractivity contribution in [3.8, 4) is 11.3 Å². The van der Waals surface area contributed by atoms with E-state index in [1.165, 1.54) is 49.0 Å². The molecule has 0 spiro atoms. The van der Waals surface area contributed by atoms with Crippen LogP contribution in [-0.4, -0.2) is 41.5 Å². The molecule has 1 saturated heterocycles. The Balaban J connectivity index is 1.10. The quantitative estimate of drug-likeness (QED) is 0.476. The summed E-state index contributed by atoms with van der Waals surface area (Å²) in [4.78, 5) is 20.3. The summed E-state index contributed by atoms with van der Waals surface area (Å²) in [6.45, 7) is 7.99. The minimum atomic E-state index is 0.0347. The summed E-state index contributed by atoms with van der Waals surface area (Å²) in [6.07, 6.45) is 7.77. The third kappa shape index (κ3) is 4.48. The summed E-state index contributed by atoms with van der Waals surface area (Å²) in [7, 11) is 0. The Morgan fingerprint density at radius 3 is 2.69 bits per heavy atom. The van der Waals surface area contributed by atoms with Crippen LogP contribution in [0.2, 0.25) is 0 Å². The number of fused-ring (bicyclic) bond motifs is 4. The van der Waals surface area contributed by atoms with Crippen molar-refractivity contribution in [2.45, 2.75) is 57.4 Å². The predicted octanol–water partition coefficient (Wildman–Crippen LogP) is 5.66. The molecule has 6 rings (SSSR count). The van der Waals surface area contributed by atoms with Gasteiger partial charge in [0.05, 0.1) is 5.69 Å². The molecule has 0 unspecified atom stereocenters. The highest BCUT2D eigenvalue weighted by Gasteiger charge is 2.49. The molecule has 1 N–H and O–H groups in total. The molecular weight excluding hydrogens is 442 g/mol. The van der Waals surface area contributed by atoms with E-state index in [1.807, 2.05) is 30.5 Å². The monoisotopic (exact) mass is 479 g/mol. The van der Waals surface area contributed by atoms with Gasteiger partial charge in [0.1, 0.15) is 0 Å². The van der Waals surface area contributed by atoms with E-state index in [0.717, 1.165) is 35.6 Å². The van der Waals surface area contributed by atoms with E-state index in [2.05, 4.69) is 65.4 Å². The van der Waals surface area contributed by atoms with Crippen LogP contribution in [0.25, 0.3) is 11.3 Å². The molecule has 3 aliphatic rings. The minimum Gasteiger partial charge on any atom is -0.352 e. The second-order valence-corrected chi connectivity index (χ2v) is 11.5. The number of piperidine rings is 1. The molecule has 2 aliphatic carbocycles. The van der Waals surface area contributed by atoms with Gasteiger partial charge in [-0.05, 0) is 96.9 Å². The average Bonchev–Trinajstić information content (AvgIpc) is 3.73. The first-order valence-corrected chi connectivity index (χ1v) is 13.7. The summed E-state index contributed by atoms with van der Waals surface area (Å²) in [5.41, 5.74) is 7.12. The van der Waals surface area contributed by atoms with E-state index < -0.39 is 0 Å². The molecule has 3 aromatic rings. The number of amides is 1. The van der Waals surface area contributed by atoms with Crippen LogP contribution in [0, 0.1) is 11.8 Å². The summed E-state index contributed by atoms with van der Waals surface area (Å²) in [6, 6.07) is 21.5. The zero-order chi connectivity index (χ0) is 24.7. The number of carbonyl (C=O) groups is 1. The number of rotatable bonds is 7. The second kappa shape index (κ2) is 9.48. The lowest BCUT2D eigenvalue weighted by Gasteiger charge is -2.55. The summed E-state index contributed by atoms with van der Waals surface area (Å²) < 4.78 is 0. The fraction of sp³-hybridized carbons (Fsp3) is 0.438. The first kappa shape index (κ1) is 23.4. The Kier molecular flexibility index (Phi) is 6.17. The van der Waals surface area contributed by atoms with Crippen LogP contribution < -0.4 is 5.32 Å². The molecule has 2 bridgehead atoms. The van der Waals surface area contributed by atoms with E-state index >= 15 is 0 Å². The second-order valence-electron chi connectivity index (χ2n) is 11.5. The van der Waals surface area contributed by atoms with E-state index in [0.29, 0.717) is 18.5 Å². The van der Waals surface area contributed by atoms with Crippen LogP contribution in [0.5, 0.6) is 0 Å². The lowest BCUT2D eigenvalue weighted by molar-refractivity contribution is 0.0284. The van der Waals surface area contributed by atoms with Gasteiger partial charge in [0, 0.05) is 36.5 Å². The fourth-order valence-electron chi connectivity index (χ4n) is 6.51. The number of benzene rings is 2. The average molecular weight is 480 g/mol. The number of hydrogen-bond donors (Lipinski definition) is 1. The molecule has 1 aromatic heterocycles. The topological polar surface area (TPSA) is 45.2 Å². The highest BCUT2D eigenvalue weighted by atomic mass is 16.1. The van der Waals surface area contributed by atoms with Crippen molar-refractivity contribution >= 4 is 5.91 Å². The Labute approximate surface area is 215 Å².